The van der Waals surface area contributed by atoms with Crippen LogP contribution in [0.5, 0.6) is 0 Å². The number of amides is 1. The summed E-state index contributed by atoms with van der Waals surface area (Å²) < 4.78 is 37.2. The summed E-state index contributed by atoms with van der Waals surface area (Å²) >= 11 is 3.33. The number of carbonyl (C=O) groups excluding carboxylic acids is 1. The summed E-state index contributed by atoms with van der Waals surface area (Å²) in [6.45, 7) is -0.107. The highest BCUT2D eigenvalue weighted by Crippen LogP contribution is 2.25. The Morgan fingerprint density at radius 3 is 2.90 bits per heavy atom. The first kappa shape index (κ1) is 16.1. The van der Waals surface area contributed by atoms with E-state index in [2.05, 4.69) is 20.9 Å². The molecule has 0 radical (unpaired) electrons. The topological polar surface area (TPSA) is 45.2 Å². The van der Waals surface area contributed by atoms with Crippen LogP contribution in [0.4, 0.5) is 18.9 Å². The molecule has 21 heavy (non-hydrogen) atoms. The first-order valence-electron chi connectivity index (χ1n) is 6.55. The molecule has 8 heteroatoms. The molecular weight excluding hydrogens is 351 g/mol. The lowest BCUT2D eigenvalue weighted by molar-refractivity contribution is -0.140. The molecule has 1 unspecified atom stereocenters. The molecule has 1 atom stereocenters. The van der Waals surface area contributed by atoms with Crippen LogP contribution >= 0.6 is 15.9 Å². The highest BCUT2D eigenvalue weighted by Gasteiger charge is 2.31. The number of anilines is 1. The van der Waals surface area contributed by atoms with E-state index in [1.807, 2.05) is 16.3 Å². The Balaban J connectivity index is 1.96. The summed E-state index contributed by atoms with van der Waals surface area (Å²) in [6.07, 6.45) is 0.318. The van der Waals surface area contributed by atoms with E-state index < -0.39 is 24.5 Å². The van der Waals surface area contributed by atoms with Gasteiger partial charge < -0.3 is 10.2 Å². The molecule has 0 aromatic carbocycles. The van der Waals surface area contributed by atoms with E-state index in [1.54, 1.807) is 12.4 Å². The van der Waals surface area contributed by atoms with Gasteiger partial charge >= 0.3 is 6.18 Å². The molecule has 0 saturated carbocycles. The Kier molecular flexibility index (Phi) is 5.08. The van der Waals surface area contributed by atoms with Crippen molar-refractivity contribution in [1.82, 2.24) is 10.3 Å². The number of hydrogen-bond acceptors (Lipinski definition) is 3. The van der Waals surface area contributed by atoms with Crippen molar-refractivity contribution in [2.75, 3.05) is 24.5 Å². The maximum Gasteiger partial charge on any atom is 0.405 e. The number of nitrogens with zero attached hydrogens (tertiary/aromatic N) is 2. The summed E-state index contributed by atoms with van der Waals surface area (Å²) in [5.41, 5.74) is 0.859. The van der Waals surface area contributed by atoms with E-state index in [4.69, 9.17) is 0 Å². The third-order valence-corrected chi connectivity index (χ3v) is 3.74. The van der Waals surface area contributed by atoms with Crippen molar-refractivity contribution in [3.8, 4) is 0 Å². The molecular formula is C13H15BrF3N3O. The first-order valence-corrected chi connectivity index (χ1v) is 7.34. The largest absolute Gasteiger partial charge is 0.405 e. The maximum absolute atomic E-state index is 12.1. The molecule has 0 spiro atoms. The van der Waals surface area contributed by atoms with Gasteiger partial charge in [-0.15, -0.1) is 0 Å². The predicted octanol–water partition coefficient (Wildman–Crippen LogP) is 2.74. The van der Waals surface area contributed by atoms with Crippen LogP contribution < -0.4 is 10.2 Å². The standard InChI is InChI=1S/C13H15BrF3N3O/c14-10-4-11(6-18-5-10)20-3-1-2-9(7-20)12(21)19-8-13(15,16)17/h4-6,9H,1-3,7-8H2,(H,19,21). The summed E-state index contributed by atoms with van der Waals surface area (Å²) in [5.74, 6) is -0.972. The van der Waals surface area contributed by atoms with E-state index >= 15 is 0 Å². The van der Waals surface area contributed by atoms with Crippen LogP contribution in [0.3, 0.4) is 0 Å². The second-order valence-corrected chi connectivity index (χ2v) is 5.90. The fraction of sp³-hybridized carbons (Fsp3) is 0.538. The predicted molar refractivity (Wildman–Crippen MR) is 75.9 cm³/mol. The average molecular weight is 366 g/mol. The van der Waals surface area contributed by atoms with Crippen LogP contribution in [0.25, 0.3) is 0 Å². The second kappa shape index (κ2) is 6.64. The van der Waals surface area contributed by atoms with Gasteiger partial charge in [0.2, 0.25) is 5.91 Å². The summed E-state index contributed by atoms with van der Waals surface area (Å²) in [7, 11) is 0. The third kappa shape index (κ3) is 4.87. The number of pyridine rings is 1. The van der Waals surface area contributed by atoms with Crippen molar-refractivity contribution in [2.24, 2.45) is 5.92 Å². The summed E-state index contributed by atoms with van der Waals surface area (Å²) in [4.78, 5) is 17.9. The average Bonchev–Trinajstić information content (AvgIpc) is 2.44. The molecule has 1 saturated heterocycles. The molecule has 116 valence electrons. The lowest BCUT2D eigenvalue weighted by Crippen LogP contribution is -2.45. The van der Waals surface area contributed by atoms with Crippen LogP contribution in [-0.4, -0.2) is 36.7 Å². The minimum absolute atomic E-state index is 0.405. The monoisotopic (exact) mass is 365 g/mol. The van der Waals surface area contributed by atoms with Crippen LogP contribution in [0.2, 0.25) is 0 Å². The number of alkyl halides is 3. The van der Waals surface area contributed by atoms with Gasteiger partial charge in [-0.3, -0.25) is 9.78 Å². The van der Waals surface area contributed by atoms with Gasteiger partial charge in [0.15, 0.2) is 0 Å². The van der Waals surface area contributed by atoms with Crippen LogP contribution in [-0.2, 0) is 4.79 Å². The number of carbonyl (C=O) groups is 1. The maximum atomic E-state index is 12.1. The number of halogens is 4. The molecule has 1 aromatic heterocycles. The molecule has 2 heterocycles. The highest BCUT2D eigenvalue weighted by molar-refractivity contribution is 9.10. The third-order valence-electron chi connectivity index (χ3n) is 3.31. The Hall–Kier alpha value is -1.31. The minimum Gasteiger partial charge on any atom is -0.369 e. The second-order valence-electron chi connectivity index (χ2n) is 4.98. The van der Waals surface area contributed by atoms with Gasteiger partial charge in [0.25, 0.3) is 0 Å². The van der Waals surface area contributed by atoms with E-state index in [9.17, 15) is 18.0 Å². The zero-order valence-electron chi connectivity index (χ0n) is 11.2. The van der Waals surface area contributed by atoms with Gasteiger partial charge in [0.05, 0.1) is 17.8 Å². The van der Waals surface area contributed by atoms with Crippen molar-refractivity contribution < 1.29 is 18.0 Å². The van der Waals surface area contributed by atoms with Gasteiger partial charge in [0.1, 0.15) is 6.54 Å². The SMILES string of the molecule is O=C(NCC(F)(F)F)C1CCCN(c2cncc(Br)c2)C1. The molecule has 1 aromatic rings. The van der Waals surface area contributed by atoms with E-state index in [-0.39, 0.29) is 0 Å². The lowest BCUT2D eigenvalue weighted by Gasteiger charge is -2.33. The number of aromatic nitrogens is 1. The number of piperidine rings is 1. The van der Waals surface area contributed by atoms with E-state index in [0.29, 0.717) is 13.0 Å². The minimum atomic E-state index is -4.38. The first-order chi connectivity index (χ1) is 9.85. The molecule has 1 aliphatic heterocycles. The Morgan fingerprint density at radius 1 is 1.48 bits per heavy atom. The van der Waals surface area contributed by atoms with Crippen LogP contribution in [0.1, 0.15) is 12.8 Å². The normalized spacial score (nSPS) is 19.4. The molecule has 1 N–H and O–H groups in total. The molecule has 0 aliphatic carbocycles. The van der Waals surface area contributed by atoms with Crippen LogP contribution in [0.15, 0.2) is 22.9 Å². The van der Waals surface area contributed by atoms with Gasteiger partial charge in [-0.25, -0.2) is 0 Å². The molecule has 1 fully saturated rings. The fourth-order valence-corrected chi connectivity index (χ4v) is 2.68. The summed E-state index contributed by atoms with van der Waals surface area (Å²) in [6, 6.07) is 1.88. The van der Waals surface area contributed by atoms with Crippen molar-refractivity contribution in [2.45, 2.75) is 19.0 Å². The Morgan fingerprint density at radius 2 is 2.24 bits per heavy atom. The Labute approximate surface area is 128 Å². The van der Waals surface area contributed by atoms with Gasteiger partial charge in [-0.05, 0) is 34.8 Å². The zero-order valence-corrected chi connectivity index (χ0v) is 12.7. The Bertz CT molecular complexity index is 510. The number of hydrogen-bond donors (Lipinski definition) is 1. The zero-order chi connectivity index (χ0) is 15.5. The van der Waals surface area contributed by atoms with Crippen molar-refractivity contribution >= 4 is 27.5 Å². The molecule has 1 aliphatic rings. The molecule has 1 amide bonds. The van der Waals surface area contributed by atoms with Crippen molar-refractivity contribution in [1.29, 1.82) is 0 Å². The number of nitrogens with one attached hydrogen (secondary N) is 1. The van der Waals surface area contributed by atoms with Crippen LogP contribution in [0, 0.1) is 5.92 Å². The van der Waals surface area contributed by atoms with Crippen molar-refractivity contribution in [3.63, 3.8) is 0 Å². The lowest BCUT2D eigenvalue weighted by atomic mass is 9.97. The van der Waals surface area contributed by atoms with Gasteiger partial charge in [-0.2, -0.15) is 13.2 Å². The van der Waals surface area contributed by atoms with E-state index in [1.165, 1.54) is 0 Å². The van der Waals surface area contributed by atoms with Crippen molar-refractivity contribution in [3.05, 3.63) is 22.9 Å². The van der Waals surface area contributed by atoms with E-state index in [0.717, 1.165) is 23.1 Å². The highest BCUT2D eigenvalue weighted by atomic mass is 79.9. The quantitative estimate of drug-likeness (QED) is 0.895. The number of rotatable bonds is 3. The fourth-order valence-electron chi connectivity index (χ4n) is 2.33. The smallest absolute Gasteiger partial charge is 0.369 e. The molecule has 0 bridgehead atoms. The molecule has 4 nitrogen and oxygen atoms in total. The van der Waals surface area contributed by atoms with Gasteiger partial charge in [0, 0.05) is 23.8 Å². The summed E-state index contributed by atoms with van der Waals surface area (Å²) in [5, 5.41) is 1.96. The van der Waals surface area contributed by atoms with Gasteiger partial charge in [-0.1, -0.05) is 0 Å². The molecule has 2 rings (SSSR count).